The predicted octanol–water partition coefficient (Wildman–Crippen LogP) is 3.62. The molecule has 2 fully saturated rings. The van der Waals surface area contributed by atoms with E-state index in [1.165, 1.54) is 17.3 Å². The number of rotatable bonds is 8. The van der Waals surface area contributed by atoms with Gasteiger partial charge in [-0.05, 0) is 37.5 Å². The van der Waals surface area contributed by atoms with Crippen molar-refractivity contribution in [2.45, 2.75) is 49.2 Å². The maximum absolute atomic E-state index is 13.2. The lowest BCUT2D eigenvalue weighted by Gasteiger charge is -2.35. The van der Waals surface area contributed by atoms with Gasteiger partial charge >= 0.3 is 0 Å². The summed E-state index contributed by atoms with van der Waals surface area (Å²) >= 11 is 1.51. The second kappa shape index (κ2) is 9.50. The van der Waals surface area contributed by atoms with Crippen molar-refractivity contribution in [2.75, 3.05) is 26.2 Å². The molecule has 1 saturated carbocycles. The minimum absolute atomic E-state index is 0.176. The van der Waals surface area contributed by atoms with Gasteiger partial charge < -0.3 is 9.32 Å². The Morgan fingerprint density at radius 1 is 1.06 bits per heavy atom. The summed E-state index contributed by atoms with van der Waals surface area (Å²) in [5.74, 6) is 2.55. The number of amides is 1. The van der Waals surface area contributed by atoms with E-state index in [9.17, 15) is 4.79 Å². The zero-order chi connectivity index (χ0) is 21.9. The highest BCUT2D eigenvalue weighted by Gasteiger charge is 2.32. The van der Waals surface area contributed by atoms with Gasteiger partial charge in [-0.1, -0.05) is 42.1 Å². The summed E-state index contributed by atoms with van der Waals surface area (Å²) in [6, 6.07) is 14.4. The van der Waals surface area contributed by atoms with Crippen LogP contribution in [0.3, 0.4) is 0 Å². The molecule has 1 amide bonds. The Balaban J connectivity index is 1.19. The van der Waals surface area contributed by atoms with E-state index in [4.69, 9.17) is 4.42 Å². The third-order valence-corrected chi connectivity index (χ3v) is 7.21. The molecule has 32 heavy (non-hydrogen) atoms. The quantitative estimate of drug-likeness (QED) is 0.488. The van der Waals surface area contributed by atoms with Gasteiger partial charge in [-0.3, -0.25) is 14.3 Å². The van der Waals surface area contributed by atoms with E-state index in [0.29, 0.717) is 12.5 Å². The Hall–Kier alpha value is -2.58. The number of piperazine rings is 1. The molecule has 5 rings (SSSR count). The number of thioether (sulfide) groups is 1. The van der Waals surface area contributed by atoms with E-state index >= 15 is 0 Å². The molecule has 1 atom stereocenters. The van der Waals surface area contributed by atoms with Crippen LogP contribution in [0.4, 0.5) is 0 Å². The first-order valence-corrected chi connectivity index (χ1v) is 12.2. The number of carbonyl (C=O) groups is 1. The van der Waals surface area contributed by atoms with Crippen molar-refractivity contribution in [2.24, 2.45) is 0 Å². The molecular formula is C24H29N5O2S. The zero-order valence-electron chi connectivity index (χ0n) is 18.4. The number of furan rings is 1. The van der Waals surface area contributed by atoms with Gasteiger partial charge in [-0.15, -0.1) is 10.2 Å². The molecule has 1 aliphatic carbocycles. The van der Waals surface area contributed by atoms with Crippen molar-refractivity contribution >= 4 is 17.7 Å². The summed E-state index contributed by atoms with van der Waals surface area (Å²) in [5.41, 5.74) is 1.32. The van der Waals surface area contributed by atoms with E-state index in [1.54, 1.807) is 6.26 Å². The molecule has 1 aromatic carbocycles. The Labute approximate surface area is 192 Å². The average Bonchev–Trinajstić information content (AvgIpc) is 3.39. The van der Waals surface area contributed by atoms with Gasteiger partial charge in [-0.2, -0.15) is 0 Å². The van der Waals surface area contributed by atoms with E-state index < -0.39 is 0 Å². The second-order valence-corrected chi connectivity index (χ2v) is 9.94. The maximum atomic E-state index is 13.2. The van der Waals surface area contributed by atoms with Crippen LogP contribution in [0.15, 0.2) is 58.3 Å². The lowest BCUT2D eigenvalue weighted by molar-refractivity contribution is -0.132. The van der Waals surface area contributed by atoms with Crippen LogP contribution in [0.5, 0.6) is 0 Å². The van der Waals surface area contributed by atoms with E-state index in [0.717, 1.165) is 62.3 Å². The molecule has 7 nitrogen and oxygen atoms in total. The predicted molar refractivity (Wildman–Crippen MR) is 123 cm³/mol. The highest BCUT2D eigenvalue weighted by Crippen LogP contribution is 2.40. The molecular weight excluding hydrogens is 422 g/mol. The van der Waals surface area contributed by atoms with Crippen LogP contribution in [0.25, 0.3) is 0 Å². The normalized spacial score (nSPS) is 18.1. The fraction of sp³-hybridized carbons (Fsp3) is 0.458. The lowest BCUT2D eigenvalue weighted by Crippen LogP contribution is -2.50. The summed E-state index contributed by atoms with van der Waals surface area (Å²) in [6.07, 6.45) is 4.00. The van der Waals surface area contributed by atoms with Gasteiger partial charge in [0.2, 0.25) is 5.91 Å². The molecule has 0 N–H and O–H groups in total. The third-order valence-electron chi connectivity index (χ3n) is 6.14. The summed E-state index contributed by atoms with van der Waals surface area (Å²) in [4.78, 5) is 17.6. The van der Waals surface area contributed by atoms with Crippen molar-refractivity contribution in [3.63, 3.8) is 0 Å². The zero-order valence-corrected chi connectivity index (χ0v) is 19.2. The van der Waals surface area contributed by atoms with Crippen molar-refractivity contribution in [3.05, 3.63) is 65.9 Å². The van der Waals surface area contributed by atoms with E-state index in [1.807, 2.05) is 30.0 Å². The van der Waals surface area contributed by atoms with Crippen molar-refractivity contribution in [1.29, 1.82) is 0 Å². The van der Waals surface area contributed by atoms with Crippen LogP contribution in [0.2, 0.25) is 0 Å². The Bertz CT molecular complexity index is 1020. The molecule has 1 unspecified atom stereocenters. The number of hydrogen-bond donors (Lipinski definition) is 0. The highest BCUT2D eigenvalue weighted by molar-refractivity contribution is 8.00. The molecule has 8 heteroatoms. The molecule has 168 valence electrons. The number of benzene rings is 1. The standard InChI is InChI=1S/C24H29N5O2S/c1-18(23(30)28-13-11-27(12-14-28)16-19-6-3-2-4-7-19)32-24-26-25-22(20-9-10-20)29(24)17-21-8-5-15-31-21/h2-8,15,18,20H,9-14,16-17H2,1H3. The second-order valence-electron chi connectivity index (χ2n) is 8.63. The molecule has 1 aliphatic heterocycles. The minimum Gasteiger partial charge on any atom is -0.467 e. The molecule has 0 spiro atoms. The Morgan fingerprint density at radius 2 is 1.84 bits per heavy atom. The SMILES string of the molecule is CC(Sc1nnc(C2CC2)n1Cc1ccco1)C(=O)N1CCN(Cc2ccccc2)CC1. The fourth-order valence-electron chi connectivity index (χ4n) is 4.17. The summed E-state index contributed by atoms with van der Waals surface area (Å²) in [5, 5.41) is 9.48. The van der Waals surface area contributed by atoms with Gasteiger partial charge in [0.25, 0.3) is 0 Å². The van der Waals surface area contributed by atoms with Crippen LogP contribution in [-0.2, 0) is 17.9 Å². The van der Waals surface area contributed by atoms with Crippen molar-refractivity contribution < 1.29 is 9.21 Å². The Kier molecular flexibility index (Phi) is 6.32. The largest absolute Gasteiger partial charge is 0.467 e. The number of hydrogen-bond acceptors (Lipinski definition) is 6. The molecule has 1 saturated heterocycles. The average molecular weight is 452 g/mol. The summed E-state index contributed by atoms with van der Waals surface area (Å²) < 4.78 is 7.68. The van der Waals surface area contributed by atoms with Crippen molar-refractivity contribution in [3.8, 4) is 0 Å². The van der Waals surface area contributed by atoms with E-state index in [-0.39, 0.29) is 11.2 Å². The van der Waals surface area contributed by atoms with Crippen LogP contribution >= 0.6 is 11.8 Å². The lowest BCUT2D eigenvalue weighted by atomic mass is 10.2. The molecule has 3 aromatic rings. The summed E-state index contributed by atoms with van der Waals surface area (Å²) in [6.45, 7) is 6.86. The first kappa shape index (κ1) is 21.3. The number of aromatic nitrogens is 3. The van der Waals surface area contributed by atoms with Gasteiger partial charge in [0.1, 0.15) is 11.6 Å². The molecule has 2 aromatic heterocycles. The van der Waals surface area contributed by atoms with Crippen LogP contribution < -0.4 is 0 Å². The molecule has 0 radical (unpaired) electrons. The van der Waals surface area contributed by atoms with Gasteiger partial charge in [-0.25, -0.2) is 0 Å². The van der Waals surface area contributed by atoms with Gasteiger partial charge in [0.15, 0.2) is 5.16 Å². The fourth-order valence-corrected chi connectivity index (χ4v) is 5.11. The van der Waals surface area contributed by atoms with Crippen LogP contribution in [0, 0.1) is 0 Å². The molecule has 0 bridgehead atoms. The van der Waals surface area contributed by atoms with E-state index in [2.05, 4.69) is 43.9 Å². The monoisotopic (exact) mass is 451 g/mol. The number of carbonyl (C=O) groups excluding carboxylic acids is 1. The molecule has 2 aliphatic rings. The minimum atomic E-state index is -0.206. The topological polar surface area (TPSA) is 67.4 Å². The van der Waals surface area contributed by atoms with Crippen LogP contribution in [0.1, 0.15) is 42.8 Å². The maximum Gasteiger partial charge on any atom is 0.235 e. The first-order chi connectivity index (χ1) is 15.7. The third kappa shape index (κ3) is 4.91. The van der Waals surface area contributed by atoms with Crippen molar-refractivity contribution in [1.82, 2.24) is 24.6 Å². The van der Waals surface area contributed by atoms with Gasteiger partial charge in [0.05, 0.1) is 18.1 Å². The first-order valence-electron chi connectivity index (χ1n) is 11.3. The smallest absolute Gasteiger partial charge is 0.235 e. The van der Waals surface area contributed by atoms with Crippen LogP contribution in [-0.4, -0.2) is 61.9 Å². The summed E-state index contributed by atoms with van der Waals surface area (Å²) in [7, 11) is 0. The van der Waals surface area contributed by atoms with Gasteiger partial charge in [0, 0.05) is 38.6 Å². The molecule has 3 heterocycles. The Morgan fingerprint density at radius 3 is 2.53 bits per heavy atom. The number of nitrogens with zero attached hydrogens (tertiary/aromatic N) is 5. The highest BCUT2D eigenvalue weighted by atomic mass is 32.2.